The number of carbonyl (C=O) groups is 1. The minimum atomic E-state index is -0.0844. The Balaban J connectivity index is 1.63. The molecule has 1 aromatic heterocycles. The molecule has 0 unspecified atom stereocenters. The van der Waals surface area contributed by atoms with E-state index in [1.165, 1.54) is 4.88 Å². The van der Waals surface area contributed by atoms with Crippen LogP contribution in [0, 0.1) is 0 Å². The van der Waals surface area contributed by atoms with Crippen LogP contribution in [0.1, 0.15) is 44.8 Å². The number of aryl methyl sites for hydroxylation is 1. The van der Waals surface area contributed by atoms with Gasteiger partial charge in [0.25, 0.3) is 5.91 Å². The maximum atomic E-state index is 13.1. The van der Waals surface area contributed by atoms with Gasteiger partial charge < -0.3 is 10.4 Å². The summed E-state index contributed by atoms with van der Waals surface area (Å²) in [6.07, 6.45) is 5.78. The second-order valence-electron chi connectivity index (χ2n) is 7.02. The van der Waals surface area contributed by atoms with Crippen LogP contribution in [0.4, 0.5) is 5.00 Å². The lowest BCUT2D eigenvalue weighted by atomic mass is 9.95. The van der Waals surface area contributed by atoms with Crippen molar-refractivity contribution in [2.75, 3.05) is 0 Å². The fourth-order valence-corrected chi connectivity index (χ4v) is 5.11. The molecule has 0 radical (unpaired) electrons. The van der Waals surface area contributed by atoms with Crippen molar-refractivity contribution in [2.45, 2.75) is 32.2 Å². The number of aliphatic imine (C=N–C) groups is 1. The van der Waals surface area contributed by atoms with E-state index in [1.807, 2.05) is 36.4 Å². The fourth-order valence-electron chi connectivity index (χ4n) is 3.50. The fraction of sp³-hybridized carbons (Fsp3) is 0.217. The van der Waals surface area contributed by atoms with Gasteiger partial charge in [0.2, 0.25) is 0 Å². The number of fused-ring (bicyclic) bond motifs is 1. The number of nitrogens with zero attached hydrogens (tertiary/aromatic N) is 1. The van der Waals surface area contributed by atoms with Gasteiger partial charge in [0.1, 0.15) is 10.8 Å². The summed E-state index contributed by atoms with van der Waals surface area (Å²) in [5.41, 5.74) is 3.50. The molecule has 0 aliphatic heterocycles. The molecule has 2 N–H and O–H groups in total. The normalized spacial score (nSPS) is 13.4. The molecule has 0 fully saturated rings. The van der Waals surface area contributed by atoms with Gasteiger partial charge >= 0.3 is 0 Å². The molecule has 4 nitrogen and oxygen atoms in total. The molecule has 0 bridgehead atoms. The summed E-state index contributed by atoms with van der Waals surface area (Å²) < 4.78 is 0.864. The molecule has 0 saturated heterocycles. The summed E-state index contributed by atoms with van der Waals surface area (Å²) in [6.45, 7) is 0.486. The summed E-state index contributed by atoms with van der Waals surface area (Å²) in [5, 5.41) is 13.8. The third kappa shape index (κ3) is 4.60. The molecule has 3 aromatic rings. The lowest BCUT2D eigenvalue weighted by molar-refractivity contribution is 0.0951. The first-order valence-corrected chi connectivity index (χ1v) is 11.2. The number of phenolic OH excluding ortho intramolecular Hbond substituents is 1. The molecule has 1 amide bonds. The van der Waals surface area contributed by atoms with Crippen LogP contribution >= 0.6 is 27.3 Å². The molecular formula is C23H21BrN2O2S. The first-order chi connectivity index (χ1) is 14.1. The molecule has 0 saturated carbocycles. The van der Waals surface area contributed by atoms with Crippen LogP contribution in [-0.4, -0.2) is 17.2 Å². The van der Waals surface area contributed by atoms with Crippen LogP contribution < -0.4 is 5.32 Å². The van der Waals surface area contributed by atoms with E-state index in [-0.39, 0.29) is 11.7 Å². The first-order valence-electron chi connectivity index (χ1n) is 9.61. The van der Waals surface area contributed by atoms with Gasteiger partial charge in [-0.1, -0.05) is 46.3 Å². The number of amides is 1. The number of carbonyl (C=O) groups excluding carboxylic acids is 1. The Bertz CT molecular complexity index is 1060. The number of benzene rings is 2. The number of hydrogen-bond acceptors (Lipinski definition) is 4. The minimum absolute atomic E-state index is 0.0844. The van der Waals surface area contributed by atoms with E-state index in [9.17, 15) is 9.90 Å². The van der Waals surface area contributed by atoms with Crippen molar-refractivity contribution in [3.05, 3.63) is 80.1 Å². The summed E-state index contributed by atoms with van der Waals surface area (Å²) >= 11 is 5.00. The average Bonchev–Trinajstić information content (AvgIpc) is 3.12. The van der Waals surface area contributed by atoms with Gasteiger partial charge in [-0.3, -0.25) is 4.79 Å². The zero-order valence-electron chi connectivity index (χ0n) is 15.8. The molecule has 148 valence electrons. The van der Waals surface area contributed by atoms with Gasteiger partial charge in [0.05, 0.1) is 5.56 Å². The summed E-state index contributed by atoms with van der Waals surface area (Å²) in [5.74, 6) is 0.0761. The number of halogens is 1. The van der Waals surface area contributed by atoms with Crippen molar-refractivity contribution in [1.82, 2.24) is 5.32 Å². The number of thiophene rings is 1. The summed E-state index contributed by atoms with van der Waals surface area (Å²) in [4.78, 5) is 18.9. The molecule has 0 atom stereocenters. The van der Waals surface area contributed by atoms with Crippen molar-refractivity contribution in [1.29, 1.82) is 0 Å². The SMILES string of the molecule is O=C(NCc1ccccc1)c1c(N=Cc2cc(Br)ccc2O)sc2c1CCCC2. The van der Waals surface area contributed by atoms with Crippen LogP contribution in [0.3, 0.4) is 0 Å². The van der Waals surface area contributed by atoms with Crippen molar-refractivity contribution < 1.29 is 9.90 Å². The van der Waals surface area contributed by atoms with Crippen LogP contribution in [0.25, 0.3) is 0 Å². The maximum absolute atomic E-state index is 13.1. The van der Waals surface area contributed by atoms with E-state index in [1.54, 1.807) is 29.7 Å². The Morgan fingerprint density at radius 1 is 1.17 bits per heavy atom. The number of rotatable bonds is 5. The molecule has 0 spiro atoms. The van der Waals surface area contributed by atoms with Crippen LogP contribution in [0.5, 0.6) is 5.75 Å². The van der Waals surface area contributed by atoms with Crippen molar-refractivity contribution in [3.63, 3.8) is 0 Å². The van der Waals surface area contributed by atoms with E-state index in [0.717, 1.165) is 41.3 Å². The highest BCUT2D eigenvalue weighted by molar-refractivity contribution is 9.10. The second-order valence-corrected chi connectivity index (χ2v) is 9.02. The van der Waals surface area contributed by atoms with Gasteiger partial charge in [0.15, 0.2) is 0 Å². The molecule has 4 rings (SSSR count). The third-order valence-electron chi connectivity index (χ3n) is 4.99. The lowest BCUT2D eigenvalue weighted by Gasteiger charge is -2.12. The number of nitrogens with one attached hydrogen (secondary N) is 1. The van der Waals surface area contributed by atoms with Crippen molar-refractivity contribution in [3.8, 4) is 5.75 Å². The Labute approximate surface area is 182 Å². The van der Waals surface area contributed by atoms with Crippen LogP contribution in [-0.2, 0) is 19.4 Å². The first kappa shape index (κ1) is 19.9. The van der Waals surface area contributed by atoms with E-state index < -0.39 is 0 Å². The van der Waals surface area contributed by atoms with E-state index in [2.05, 4.69) is 26.2 Å². The quantitative estimate of drug-likeness (QED) is 0.466. The highest BCUT2D eigenvalue weighted by atomic mass is 79.9. The summed E-state index contributed by atoms with van der Waals surface area (Å²) in [6, 6.07) is 15.1. The second kappa shape index (κ2) is 8.93. The van der Waals surface area contributed by atoms with E-state index >= 15 is 0 Å². The Kier molecular flexibility index (Phi) is 6.11. The van der Waals surface area contributed by atoms with Crippen LogP contribution in [0.2, 0.25) is 0 Å². The molecule has 1 aliphatic rings. The highest BCUT2D eigenvalue weighted by Crippen LogP contribution is 2.40. The van der Waals surface area contributed by atoms with Gasteiger partial charge in [-0.05, 0) is 55.0 Å². The monoisotopic (exact) mass is 468 g/mol. The Morgan fingerprint density at radius 2 is 1.97 bits per heavy atom. The van der Waals surface area contributed by atoms with E-state index in [0.29, 0.717) is 22.7 Å². The third-order valence-corrected chi connectivity index (χ3v) is 6.68. The number of hydrogen-bond donors (Lipinski definition) is 2. The topological polar surface area (TPSA) is 61.7 Å². The standard InChI is InChI=1S/C23H21BrN2O2S/c24-17-10-11-19(27)16(12-17)14-26-23-21(18-8-4-5-9-20(18)29-23)22(28)25-13-15-6-2-1-3-7-15/h1-3,6-7,10-12,14,27H,4-5,8-9,13H2,(H,25,28). The van der Waals surface area contributed by atoms with Gasteiger partial charge in [-0.2, -0.15) is 0 Å². The van der Waals surface area contributed by atoms with Crippen LogP contribution in [0.15, 0.2) is 58.0 Å². The lowest BCUT2D eigenvalue weighted by Crippen LogP contribution is -2.24. The van der Waals surface area contributed by atoms with Crippen molar-refractivity contribution >= 4 is 44.4 Å². The number of phenols is 1. The molecule has 29 heavy (non-hydrogen) atoms. The van der Waals surface area contributed by atoms with Gasteiger partial charge in [-0.15, -0.1) is 11.3 Å². The molecule has 2 aromatic carbocycles. The number of aromatic hydroxyl groups is 1. The zero-order chi connectivity index (χ0) is 20.2. The van der Waals surface area contributed by atoms with Gasteiger partial charge in [0, 0.05) is 27.7 Å². The largest absolute Gasteiger partial charge is 0.507 e. The molecule has 1 heterocycles. The molecular weight excluding hydrogens is 448 g/mol. The Hall–Kier alpha value is -2.44. The zero-order valence-corrected chi connectivity index (χ0v) is 18.2. The van der Waals surface area contributed by atoms with Gasteiger partial charge in [-0.25, -0.2) is 4.99 Å². The molecule has 1 aliphatic carbocycles. The predicted molar refractivity (Wildman–Crippen MR) is 122 cm³/mol. The minimum Gasteiger partial charge on any atom is -0.507 e. The van der Waals surface area contributed by atoms with Crippen molar-refractivity contribution in [2.24, 2.45) is 4.99 Å². The highest BCUT2D eigenvalue weighted by Gasteiger charge is 2.25. The predicted octanol–water partition coefficient (Wildman–Crippen LogP) is 5.78. The summed E-state index contributed by atoms with van der Waals surface area (Å²) in [7, 11) is 0. The average molecular weight is 469 g/mol. The maximum Gasteiger partial charge on any atom is 0.254 e. The Morgan fingerprint density at radius 3 is 2.79 bits per heavy atom. The smallest absolute Gasteiger partial charge is 0.254 e. The van der Waals surface area contributed by atoms with E-state index in [4.69, 9.17) is 0 Å². The molecule has 6 heteroatoms.